The SMILES string of the molecule is CCCCCC(Cc1ccc(Cc2ccc(N)cc2C)cc1)Cc1ccc(Cc2ccc(N)cc2C)cc1. The molecular weight excluding hydrogens is 460 g/mol. The lowest BCUT2D eigenvalue weighted by Crippen LogP contribution is -2.09. The third-order valence-electron chi connectivity index (χ3n) is 7.83. The molecule has 4 N–H and O–H groups in total. The highest BCUT2D eigenvalue weighted by atomic mass is 14.5. The highest BCUT2D eigenvalue weighted by Crippen LogP contribution is 2.24. The summed E-state index contributed by atoms with van der Waals surface area (Å²) >= 11 is 0. The number of rotatable bonds is 12. The van der Waals surface area contributed by atoms with Crippen molar-refractivity contribution in [1.82, 2.24) is 0 Å². The number of hydrogen-bond donors (Lipinski definition) is 2. The maximum Gasteiger partial charge on any atom is 0.0316 e. The van der Waals surface area contributed by atoms with Crippen LogP contribution in [0.4, 0.5) is 11.4 Å². The number of nitrogen functional groups attached to an aromatic ring is 2. The van der Waals surface area contributed by atoms with Crippen molar-refractivity contribution in [3.05, 3.63) is 129 Å². The Morgan fingerprint density at radius 3 is 1.37 bits per heavy atom. The average molecular weight is 505 g/mol. The Morgan fingerprint density at radius 1 is 0.553 bits per heavy atom. The zero-order valence-corrected chi connectivity index (χ0v) is 23.5. The maximum atomic E-state index is 5.93. The van der Waals surface area contributed by atoms with Crippen molar-refractivity contribution in [2.24, 2.45) is 5.92 Å². The van der Waals surface area contributed by atoms with E-state index in [-0.39, 0.29) is 0 Å². The lowest BCUT2D eigenvalue weighted by Gasteiger charge is -2.18. The molecule has 38 heavy (non-hydrogen) atoms. The molecular formula is C36H44N2. The monoisotopic (exact) mass is 504 g/mol. The molecule has 4 aromatic carbocycles. The molecule has 0 unspecified atom stereocenters. The number of nitrogens with two attached hydrogens (primary N) is 2. The molecule has 0 aliphatic rings. The van der Waals surface area contributed by atoms with Crippen molar-refractivity contribution < 1.29 is 0 Å². The summed E-state index contributed by atoms with van der Waals surface area (Å²) in [5.74, 6) is 0.664. The van der Waals surface area contributed by atoms with Gasteiger partial charge in [0.25, 0.3) is 0 Å². The first kappa shape index (κ1) is 27.5. The minimum Gasteiger partial charge on any atom is -0.399 e. The van der Waals surface area contributed by atoms with Gasteiger partial charge in [0.2, 0.25) is 0 Å². The second-order valence-electron chi connectivity index (χ2n) is 11.1. The van der Waals surface area contributed by atoms with Crippen molar-refractivity contribution in [3.8, 4) is 0 Å². The van der Waals surface area contributed by atoms with Gasteiger partial charge in [-0.1, -0.05) is 86.8 Å². The summed E-state index contributed by atoms with van der Waals surface area (Å²) < 4.78 is 0. The first-order valence-electron chi connectivity index (χ1n) is 14.2. The van der Waals surface area contributed by atoms with Crippen molar-refractivity contribution in [2.45, 2.75) is 72.1 Å². The molecule has 0 aromatic heterocycles. The van der Waals surface area contributed by atoms with E-state index in [1.165, 1.54) is 70.2 Å². The molecule has 0 saturated carbocycles. The summed E-state index contributed by atoms with van der Waals surface area (Å²) in [6.07, 6.45) is 9.36. The minimum absolute atomic E-state index is 0.664. The van der Waals surface area contributed by atoms with E-state index in [0.29, 0.717) is 5.92 Å². The zero-order valence-electron chi connectivity index (χ0n) is 23.5. The van der Waals surface area contributed by atoms with Gasteiger partial charge < -0.3 is 11.5 Å². The lowest BCUT2D eigenvalue weighted by molar-refractivity contribution is 0.453. The fraction of sp³-hybridized carbons (Fsp3) is 0.333. The number of hydrogen-bond acceptors (Lipinski definition) is 2. The van der Waals surface area contributed by atoms with Gasteiger partial charge in [0.05, 0.1) is 0 Å². The molecule has 4 rings (SSSR count). The molecule has 2 heteroatoms. The van der Waals surface area contributed by atoms with E-state index in [9.17, 15) is 0 Å². The van der Waals surface area contributed by atoms with E-state index in [1.54, 1.807) is 0 Å². The minimum atomic E-state index is 0.664. The van der Waals surface area contributed by atoms with Crippen LogP contribution in [0.25, 0.3) is 0 Å². The zero-order chi connectivity index (χ0) is 26.9. The van der Waals surface area contributed by atoms with Gasteiger partial charge in [0.15, 0.2) is 0 Å². The molecule has 0 radical (unpaired) electrons. The smallest absolute Gasteiger partial charge is 0.0316 e. The van der Waals surface area contributed by atoms with Crippen LogP contribution in [-0.4, -0.2) is 0 Å². The van der Waals surface area contributed by atoms with Crippen LogP contribution in [0.1, 0.15) is 77.1 Å². The lowest BCUT2D eigenvalue weighted by atomic mass is 9.87. The first-order valence-corrected chi connectivity index (χ1v) is 14.2. The fourth-order valence-corrected chi connectivity index (χ4v) is 5.49. The molecule has 0 aliphatic heterocycles. The Morgan fingerprint density at radius 2 is 0.974 bits per heavy atom. The Hall–Kier alpha value is -3.52. The number of aryl methyl sites for hydroxylation is 2. The molecule has 2 nitrogen and oxygen atoms in total. The van der Waals surface area contributed by atoms with Crippen molar-refractivity contribution >= 4 is 11.4 Å². The summed E-state index contributed by atoms with van der Waals surface area (Å²) in [5, 5.41) is 0. The van der Waals surface area contributed by atoms with E-state index in [4.69, 9.17) is 11.5 Å². The molecule has 0 bridgehead atoms. The number of benzene rings is 4. The Bertz CT molecular complexity index is 1200. The van der Waals surface area contributed by atoms with Crippen LogP contribution in [0.15, 0.2) is 84.9 Å². The van der Waals surface area contributed by atoms with Crippen LogP contribution in [0, 0.1) is 19.8 Å². The Balaban J connectivity index is 1.39. The summed E-state index contributed by atoms with van der Waals surface area (Å²) in [4.78, 5) is 0. The highest BCUT2D eigenvalue weighted by Gasteiger charge is 2.12. The van der Waals surface area contributed by atoms with E-state index in [0.717, 1.165) is 37.1 Å². The third-order valence-corrected chi connectivity index (χ3v) is 7.83. The Labute approximate surface area is 230 Å². The van der Waals surface area contributed by atoms with Gasteiger partial charge in [-0.15, -0.1) is 0 Å². The van der Waals surface area contributed by atoms with E-state index in [1.807, 2.05) is 12.1 Å². The molecule has 4 aromatic rings. The molecule has 0 atom stereocenters. The van der Waals surface area contributed by atoms with Crippen LogP contribution in [-0.2, 0) is 25.7 Å². The van der Waals surface area contributed by atoms with Gasteiger partial charge in [0, 0.05) is 11.4 Å². The second kappa shape index (κ2) is 13.3. The predicted octanol–water partition coefficient (Wildman–Crippen LogP) is 8.63. The maximum absolute atomic E-state index is 5.93. The molecule has 0 saturated heterocycles. The molecule has 0 fully saturated rings. The van der Waals surface area contributed by atoms with Crippen molar-refractivity contribution in [2.75, 3.05) is 11.5 Å². The second-order valence-corrected chi connectivity index (χ2v) is 11.1. The summed E-state index contributed by atoms with van der Waals surface area (Å²) in [6, 6.07) is 31.0. The van der Waals surface area contributed by atoms with Crippen LogP contribution in [0.3, 0.4) is 0 Å². The summed E-state index contributed by atoms with van der Waals surface area (Å²) in [7, 11) is 0. The predicted molar refractivity (Wildman–Crippen MR) is 165 cm³/mol. The molecule has 0 heterocycles. The number of anilines is 2. The third kappa shape index (κ3) is 7.99. The average Bonchev–Trinajstić information content (AvgIpc) is 2.89. The standard InChI is InChI=1S/C36H44N2/c1-4-5-6-7-32(22-28-8-12-30(13-9-28)24-33-16-18-35(37)20-26(33)2)23-29-10-14-31(15-11-29)25-34-17-19-36(38)21-27(34)3/h8-21,32H,4-7,22-25,37-38H2,1-3H3. The van der Waals surface area contributed by atoms with E-state index in [2.05, 4.69) is 93.6 Å². The quantitative estimate of drug-likeness (QED) is 0.150. The topological polar surface area (TPSA) is 52.0 Å². The van der Waals surface area contributed by atoms with Gasteiger partial charge >= 0.3 is 0 Å². The van der Waals surface area contributed by atoms with E-state index < -0.39 is 0 Å². The first-order chi connectivity index (χ1) is 18.4. The van der Waals surface area contributed by atoms with Crippen molar-refractivity contribution in [3.63, 3.8) is 0 Å². The summed E-state index contributed by atoms with van der Waals surface area (Å²) in [6.45, 7) is 6.58. The van der Waals surface area contributed by atoms with Crippen LogP contribution < -0.4 is 11.5 Å². The molecule has 198 valence electrons. The van der Waals surface area contributed by atoms with Gasteiger partial charge in [-0.3, -0.25) is 0 Å². The summed E-state index contributed by atoms with van der Waals surface area (Å²) in [5.41, 5.74) is 24.4. The van der Waals surface area contributed by atoms with Crippen molar-refractivity contribution in [1.29, 1.82) is 0 Å². The van der Waals surface area contributed by atoms with Gasteiger partial charge in [-0.05, 0) is 121 Å². The van der Waals surface area contributed by atoms with Gasteiger partial charge in [-0.25, -0.2) is 0 Å². The van der Waals surface area contributed by atoms with Gasteiger partial charge in [-0.2, -0.15) is 0 Å². The fourth-order valence-electron chi connectivity index (χ4n) is 5.49. The van der Waals surface area contributed by atoms with Crippen LogP contribution >= 0.6 is 0 Å². The molecule has 0 spiro atoms. The molecule has 0 aliphatic carbocycles. The normalized spacial score (nSPS) is 11.3. The van der Waals surface area contributed by atoms with E-state index >= 15 is 0 Å². The largest absolute Gasteiger partial charge is 0.399 e. The Kier molecular flexibility index (Phi) is 9.65. The molecule has 0 amide bonds. The van der Waals surface area contributed by atoms with Crippen LogP contribution in [0.2, 0.25) is 0 Å². The highest BCUT2D eigenvalue weighted by molar-refractivity contribution is 5.46. The van der Waals surface area contributed by atoms with Crippen LogP contribution in [0.5, 0.6) is 0 Å². The van der Waals surface area contributed by atoms with Gasteiger partial charge in [0.1, 0.15) is 0 Å². The number of unbranched alkanes of at least 4 members (excludes halogenated alkanes) is 2.